The van der Waals surface area contributed by atoms with Gasteiger partial charge in [0.15, 0.2) is 0 Å². The number of rotatable bonds is 14. The number of halogens is 1. The monoisotopic (exact) mass is 624 g/mol. The fourth-order valence-electron chi connectivity index (χ4n) is 4.49. The number of nitrogens with zero attached hydrogens (tertiary/aromatic N) is 2. The molecule has 0 saturated carbocycles. The van der Waals surface area contributed by atoms with E-state index in [1.54, 1.807) is 18.2 Å². The first-order valence-corrected chi connectivity index (χ1v) is 15.3. The summed E-state index contributed by atoms with van der Waals surface area (Å²) < 4.78 is 25.6. The molecule has 0 spiro atoms. The molecule has 236 valence electrons. The molecule has 0 heterocycles. The minimum absolute atomic E-state index is 0.0458. The molecule has 3 atom stereocenters. The molecule has 1 aliphatic carbocycles. The normalized spacial score (nSPS) is 16.7. The second-order valence-corrected chi connectivity index (χ2v) is 11.4. The van der Waals surface area contributed by atoms with Gasteiger partial charge in [0.25, 0.3) is 0 Å². The number of ether oxygens (including phenoxy) is 2. The second-order valence-electron chi connectivity index (χ2n) is 10.4. The Kier molecular flexibility index (Phi) is 13.5. The van der Waals surface area contributed by atoms with Crippen LogP contribution in [0.4, 0.5) is 9.18 Å². The van der Waals surface area contributed by atoms with Crippen LogP contribution in [0, 0.1) is 19.8 Å². The van der Waals surface area contributed by atoms with Crippen molar-refractivity contribution in [3.63, 3.8) is 0 Å². The maximum Gasteiger partial charge on any atom is 0.407 e. The molecule has 4 N–H and O–H groups in total. The lowest BCUT2D eigenvalue weighted by Gasteiger charge is -2.29. The molecule has 9 nitrogen and oxygen atoms in total. The highest BCUT2D eigenvalue weighted by atomic mass is 32.2. The number of aliphatic hydroxyl groups is 1. The van der Waals surface area contributed by atoms with Crippen molar-refractivity contribution in [2.45, 2.75) is 52.5 Å². The Morgan fingerprint density at radius 1 is 1.18 bits per heavy atom. The van der Waals surface area contributed by atoms with Crippen molar-refractivity contribution in [1.29, 1.82) is 0 Å². The van der Waals surface area contributed by atoms with Gasteiger partial charge >= 0.3 is 6.09 Å². The Bertz CT molecular complexity index is 1360. The van der Waals surface area contributed by atoms with Crippen molar-refractivity contribution in [2.75, 3.05) is 19.7 Å². The molecule has 0 aromatic heterocycles. The molecule has 11 heteroatoms. The molecule has 0 fully saturated rings. The van der Waals surface area contributed by atoms with Crippen molar-refractivity contribution in [3.05, 3.63) is 101 Å². The number of hydrazone groups is 1. The second kappa shape index (κ2) is 17.3. The third-order valence-electron chi connectivity index (χ3n) is 6.81. The van der Waals surface area contributed by atoms with Crippen LogP contribution in [0.5, 0.6) is 5.75 Å². The van der Waals surface area contributed by atoms with E-state index in [1.807, 2.05) is 63.2 Å². The third kappa shape index (κ3) is 9.99. The lowest BCUT2D eigenvalue weighted by atomic mass is 9.97. The molecule has 0 saturated heterocycles. The highest BCUT2D eigenvalue weighted by molar-refractivity contribution is 8.17. The van der Waals surface area contributed by atoms with Crippen LogP contribution in [0.2, 0.25) is 0 Å². The lowest BCUT2D eigenvalue weighted by molar-refractivity contribution is -0.132. The van der Waals surface area contributed by atoms with Gasteiger partial charge in [0.1, 0.15) is 36.3 Å². The Balaban J connectivity index is 1.59. The molecule has 1 aliphatic rings. The summed E-state index contributed by atoms with van der Waals surface area (Å²) in [4.78, 5) is 26.8. The zero-order valence-corrected chi connectivity index (χ0v) is 26.2. The van der Waals surface area contributed by atoms with Gasteiger partial charge < -0.3 is 30.6 Å². The maximum absolute atomic E-state index is 14.5. The average Bonchev–Trinajstić information content (AvgIpc) is 3.01. The largest absolute Gasteiger partial charge is 0.490 e. The number of aliphatic hydroxyl groups excluding tert-OH is 1. The number of benzene rings is 2. The number of hydrogen-bond donors (Lipinski definition) is 3. The number of thioether (sulfide) groups is 1. The van der Waals surface area contributed by atoms with Crippen molar-refractivity contribution in [1.82, 2.24) is 10.2 Å². The zero-order valence-electron chi connectivity index (χ0n) is 25.4. The Hall–Kier alpha value is -4.09. The van der Waals surface area contributed by atoms with Crippen molar-refractivity contribution in [3.8, 4) is 5.75 Å². The predicted octanol–water partition coefficient (Wildman–Crippen LogP) is 5.50. The lowest BCUT2D eigenvalue weighted by Crippen LogP contribution is -2.38. The molecule has 0 aliphatic heterocycles. The summed E-state index contributed by atoms with van der Waals surface area (Å²) in [5, 5.41) is 17.7. The molecule has 3 rings (SSSR count). The number of hydrogen-bond acceptors (Lipinski definition) is 8. The number of amides is 2. The fraction of sp³-hybridized carbons (Fsp3) is 0.364. The summed E-state index contributed by atoms with van der Waals surface area (Å²) in [7, 11) is 0. The first-order valence-electron chi connectivity index (χ1n) is 14.5. The molecule has 0 bridgehead atoms. The van der Waals surface area contributed by atoms with Crippen molar-refractivity contribution >= 4 is 28.8 Å². The number of alkyl halides is 1. The Labute approximate surface area is 262 Å². The number of unbranched alkanes of at least 4 members (excludes halogenated alkanes) is 1. The smallest absolute Gasteiger partial charge is 0.407 e. The van der Waals surface area contributed by atoms with E-state index in [4.69, 9.17) is 15.3 Å². The van der Waals surface area contributed by atoms with Crippen LogP contribution in [-0.4, -0.2) is 59.0 Å². The van der Waals surface area contributed by atoms with E-state index in [1.165, 1.54) is 11.0 Å². The average molecular weight is 625 g/mol. The van der Waals surface area contributed by atoms with Gasteiger partial charge in [-0.3, -0.25) is 4.79 Å². The number of nitrogens with one attached hydrogen (secondary N) is 1. The molecule has 44 heavy (non-hydrogen) atoms. The predicted molar refractivity (Wildman–Crippen MR) is 173 cm³/mol. The molecule has 2 aromatic carbocycles. The zero-order chi connectivity index (χ0) is 32.1. The molecular weight excluding hydrogens is 583 g/mol. The standard InChI is InChI=1S/C33H41FN4O5S/c1-5-6-16-38(32(40)28-14-10-11-15-29(28)34)24(4)44-31(37-35)26-17-22(2)30(23(3)18-26)42-21-27(39)19-36-33(41)43-20-25-12-8-7-9-13-25/h7-15,17-18,27-29,39H,4-6,16,19-21,35H2,1-3H3,(H,36,41)/b37-31-. The van der Waals surface area contributed by atoms with Crippen molar-refractivity contribution < 1.29 is 28.6 Å². The van der Waals surface area contributed by atoms with E-state index in [2.05, 4.69) is 17.0 Å². The van der Waals surface area contributed by atoms with Gasteiger partial charge in [-0.2, -0.15) is 5.10 Å². The minimum atomic E-state index is -1.40. The quantitative estimate of drug-likeness (QED) is 0.110. The Morgan fingerprint density at radius 3 is 2.50 bits per heavy atom. The van der Waals surface area contributed by atoms with E-state index in [9.17, 15) is 19.1 Å². The van der Waals surface area contributed by atoms with Crippen LogP contribution < -0.4 is 15.9 Å². The summed E-state index contributed by atoms with van der Waals surface area (Å²) in [6.45, 7) is 10.2. The van der Waals surface area contributed by atoms with Crippen LogP contribution in [0.1, 0.15) is 42.0 Å². The van der Waals surface area contributed by atoms with E-state index in [0.717, 1.165) is 41.3 Å². The number of nitrogens with two attached hydrogens (primary N) is 1. The van der Waals surface area contributed by atoms with Crippen LogP contribution in [-0.2, 0) is 16.1 Å². The number of aryl methyl sites for hydroxylation is 2. The first kappa shape index (κ1) is 34.4. The summed E-state index contributed by atoms with van der Waals surface area (Å²) in [6, 6.07) is 13.0. The van der Waals surface area contributed by atoms with Gasteiger partial charge in [0.2, 0.25) is 5.91 Å². The maximum atomic E-state index is 14.5. The van der Waals surface area contributed by atoms with Gasteiger partial charge in [0.05, 0.1) is 17.5 Å². The number of allylic oxidation sites excluding steroid dienone is 3. The highest BCUT2D eigenvalue weighted by Crippen LogP contribution is 2.31. The molecule has 0 radical (unpaired) electrons. The van der Waals surface area contributed by atoms with Gasteiger partial charge in [-0.1, -0.05) is 80.2 Å². The first-order chi connectivity index (χ1) is 21.1. The summed E-state index contributed by atoms with van der Waals surface area (Å²) in [6.07, 6.45) is 4.77. The summed E-state index contributed by atoms with van der Waals surface area (Å²) in [5.41, 5.74) is 3.09. The SMILES string of the molecule is C=C(S/C(=N\N)c1cc(C)c(OCC(O)CNC(=O)OCc2ccccc2)c(C)c1)N(CCCC)C(=O)C1C=CC=CC1F. The molecule has 2 aromatic rings. The van der Waals surface area contributed by atoms with Crippen LogP contribution in [0.3, 0.4) is 0 Å². The van der Waals surface area contributed by atoms with Crippen LogP contribution in [0.25, 0.3) is 0 Å². The number of carbonyl (C=O) groups excluding carboxylic acids is 2. The number of alkyl carbamates (subject to hydrolysis) is 1. The van der Waals surface area contributed by atoms with E-state index in [0.29, 0.717) is 27.9 Å². The number of carbonyl (C=O) groups is 2. The van der Waals surface area contributed by atoms with E-state index >= 15 is 0 Å². The third-order valence-corrected chi connectivity index (χ3v) is 7.80. The van der Waals surface area contributed by atoms with E-state index in [-0.39, 0.29) is 25.7 Å². The Morgan fingerprint density at radius 2 is 1.86 bits per heavy atom. The van der Waals surface area contributed by atoms with Gasteiger partial charge in [-0.15, -0.1) is 0 Å². The summed E-state index contributed by atoms with van der Waals surface area (Å²) in [5.74, 6) is 5.07. The summed E-state index contributed by atoms with van der Waals surface area (Å²) >= 11 is 1.14. The van der Waals surface area contributed by atoms with Crippen LogP contribution >= 0.6 is 11.8 Å². The van der Waals surface area contributed by atoms with Crippen LogP contribution in [0.15, 0.2) is 83.5 Å². The molecule has 2 amide bonds. The van der Waals surface area contributed by atoms with Gasteiger partial charge in [-0.05, 0) is 55.2 Å². The van der Waals surface area contributed by atoms with Gasteiger partial charge in [-0.25, -0.2) is 9.18 Å². The van der Waals surface area contributed by atoms with Crippen molar-refractivity contribution in [2.24, 2.45) is 16.9 Å². The van der Waals surface area contributed by atoms with Gasteiger partial charge in [0, 0.05) is 12.1 Å². The van der Waals surface area contributed by atoms with E-state index < -0.39 is 24.3 Å². The molecular formula is C33H41FN4O5S. The molecule has 3 unspecified atom stereocenters. The highest BCUT2D eigenvalue weighted by Gasteiger charge is 2.31. The fourth-order valence-corrected chi connectivity index (χ4v) is 5.30. The topological polar surface area (TPSA) is 126 Å². The minimum Gasteiger partial charge on any atom is -0.490 e.